The maximum absolute atomic E-state index is 13.5. The summed E-state index contributed by atoms with van der Waals surface area (Å²) >= 11 is 0. The Hall–Kier alpha value is -5.24. The number of nitrogens with one attached hydrogen (secondary N) is 2. The van der Waals surface area contributed by atoms with Crippen LogP contribution in [0.15, 0.2) is 120 Å². The highest BCUT2D eigenvalue weighted by molar-refractivity contribution is 5.95. The molecule has 0 aliphatic carbocycles. The summed E-state index contributed by atoms with van der Waals surface area (Å²) in [5.74, 6) is 0.590. The van der Waals surface area contributed by atoms with Gasteiger partial charge in [-0.25, -0.2) is 4.68 Å². The van der Waals surface area contributed by atoms with Gasteiger partial charge >= 0.3 is 0 Å². The van der Waals surface area contributed by atoms with Crippen molar-refractivity contribution in [1.82, 2.24) is 20.1 Å². The van der Waals surface area contributed by atoms with E-state index in [9.17, 15) is 9.59 Å². The molecule has 0 radical (unpaired) electrons. The molecule has 0 aliphatic heterocycles. The van der Waals surface area contributed by atoms with Gasteiger partial charge in [-0.05, 0) is 48.0 Å². The molecule has 2 N–H and O–H groups in total. The normalized spacial score (nSPS) is 10.5. The van der Waals surface area contributed by atoms with E-state index in [2.05, 4.69) is 20.7 Å². The molecule has 0 fully saturated rings. The highest BCUT2D eigenvalue weighted by Gasteiger charge is 2.16. The summed E-state index contributed by atoms with van der Waals surface area (Å²) in [6.07, 6.45) is 3.20. The average molecular weight is 504 g/mol. The third kappa shape index (κ3) is 6.11. The topological polar surface area (TPSA) is 98.1 Å². The van der Waals surface area contributed by atoms with Crippen LogP contribution in [0.25, 0.3) is 0 Å². The van der Waals surface area contributed by atoms with E-state index in [1.54, 1.807) is 42.6 Å². The first-order chi connectivity index (χ1) is 18.7. The van der Waals surface area contributed by atoms with Crippen molar-refractivity contribution in [2.45, 2.75) is 13.1 Å². The highest BCUT2D eigenvalue weighted by atomic mass is 16.5. The number of anilines is 2. The van der Waals surface area contributed by atoms with E-state index in [-0.39, 0.29) is 22.9 Å². The Morgan fingerprint density at radius 3 is 2.39 bits per heavy atom. The van der Waals surface area contributed by atoms with Crippen molar-refractivity contribution in [3.8, 4) is 11.5 Å². The summed E-state index contributed by atoms with van der Waals surface area (Å²) in [5.41, 5.74) is 2.56. The number of carbonyl (C=O) groups excluding carboxylic acids is 1. The Balaban J connectivity index is 1.42. The van der Waals surface area contributed by atoms with Gasteiger partial charge in [-0.15, -0.1) is 0 Å². The van der Waals surface area contributed by atoms with Crippen LogP contribution < -0.4 is 20.9 Å². The second-order valence-electron chi connectivity index (χ2n) is 8.46. The lowest BCUT2D eigenvalue weighted by atomic mass is 10.1. The summed E-state index contributed by atoms with van der Waals surface area (Å²) in [7, 11) is 0. The van der Waals surface area contributed by atoms with Crippen molar-refractivity contribution < 1.29 is 9.53 Å². The smallest absolute Gasteiger partial charge is 0.294 e. The van der Waals surface area contributed by atoms with Gasteiger partial charge in [0.2, 0.25) is 0 Å². The fourth-order valence-corrected chi connectivity index (χ4v) is 3.81. The van der Waals surface area contributed by atoms with Crippen LogP contribution in [0, 0.1) is 0 Å². The van der Waals surface area contributed by atoms with Crippen molar-refractivity contribution in [3.63, 3.8) is 0 Å². The Bertz CT molecular complexity index is 1570. The summed E-state index contributed by atoms with van der Waals surface area (Å²) in [4.78, 5) is 30.6. The number of aromatic nitrogens is 3. The molecule has 2 heterocycles. The number of nitrogens with zero attached hydrogens (tertiary/aromatic N) is 3. The molecule has 3 aromatic carbocycles. The molecule has 0 saturated heterocycles. The minimum absolute atomic E-state index is 0.214. The first-order valence-corrected chi connectivity index (χ1v) is 12.1. The molecule has 8 heteroatoms. The third-order valence-electron chi connectivity index (χ3n) is 5.71. The zero-order chi connectivity index (χ0) is 26.2. The largest absolute Gasteiger partial charge is 0.453 e. The molecule has 8 nitrogen and oxygen atoms in total. The van der Waals surface area contributed by atoms with Crippen LogP contribution in [0.2, 0.25) is 0 Å². The number of benzene rings is 3. The van der Waals surface area contributed by atoms with E-state index in [1.807, 2.05) is 66.7 Å². The van der Waals surface area contributed by atoms with Gasteiger partial charge in [0, 0.05) is 17.4 Å². The third-order valence-corrected chi connectivity index (χ3v) is 5.71. The number of carbonyl (C=O) groups is 1. The molecule has 0 bridgehead atoms. The number of hydrogen-bond acceptors (Lipinski definition) is 6. The minimum Gasteiger partial charge on any atom is -0.453 e. The van der Waals surface area contributed by atoms with Crippen molar-refractivity contribution in [2.24, 2.45) is 0 Å². The summed E-state index contributed by atoms with van der Waals surface area (Å²) in [5, 5.41) is 10.4. The molecule has 0 aliphatic rings. The van der Waals surface area contributed by atoms with E-state index in [1.165, 1.54) is 10.9 Å². The van der Waals surface area contributed by atoms with Crippen LogP contribution in [0.1, 0.15) is 21.6 Å². The number of hydrogen-bond donors (Lipinski definition) is 2. The lowest BCUT2D eigenvalue weighted by Gasteiger charge is -2.15. The SMILES string of the molecule is O=C(NCc1ccccn1)c1cccc(Nc2c(Oc3ccccc3)cnn(Cc3ccccc3)c2=O)c1. The maximum atomic E-state index is 13.5. The summed E-state index contributed by atoms with van der Waals surface area (Å²) < 4.78 is 7.38. The second kappa shape index (κ2) is 11.7. The Kier molecular flexibility index (Phi) is 7.51. The maximum Gasteiger partial charge on any atom is 0.294 e. The molecule has 0 atom stereocenters. The van der Waals surface area contributed by atoms with Gasteiger partial charge in [-0.2, -0.15) is 5.10 Å². The predicted octanol–water partition coefficient (Wildman–Crippen LogP) is 5.15. The Morgan fingerprint density at radius 2 is 1.63 bits per heavy atom. The zero-order valence-corrected chi connectivity index (χ0v) is 20.5. The van der Waals surface area contributed by atoms with Crippen LogP contribution >= 0.6 is 0 Å². The molecule has 5 rings (SSSR count). The molecule has 0 spiro atoms. The quantitative estimate of drug-likeness (QED) is 0.289. The average Bonchev–Trinajstić information content (AvgIpc) is 2.97. The van der Waals surface area contributed by atoms with Gasteiger partial charge < -0.3 is 15.4 Å². The van der Waals surface area contributed by atoms with Gasteiger partial charge in [-0.3, -0.25) is 14.6 Å². The van der Waals surface area contributed by atoms with Crippen molar-refractivity contribution in [2.75, 3.05) is 5.32 Å². The zero-order valence-electron chi connectivity index (χ0n) is 20.5. The van der Waals surface area contributed by atoms with Crippen LogP contribution in [-0.2, 0) is 13.1 Å². The first-order valence-electron chi connectivity index (χ1n) is 12.1. The fourth-order valence-electron chi connectivity index (χ4n) is 3.81. The molecule has 0 unspecified atom stereocenters. The van der Waals surface area contributed by atoms with E-state index in [0.717, 1.165) is 11.3 Å². The predicted molar refractivity (Wildman–Crippen MR) is 146 cm³/mol. The molecular weight excluding hydrogens is 478 g/mol. The first kappa shape index (κ1) is 24.5. The molecule has 188 valence electrons. The van der Waals surface area contributed by atoms with Crippen LogP contribution in [0.4, 0.5) is 11.4 Å². The van der Waals surface area contributed by atoms with Gasteiger partial charge in [-0.1, -0.05) is 60.7 Å². The molecule has 1 amide bonds. The lowest BCUT2D eigenvalue weighted by molar-refractivity contribution is 0.0950. The van der Waals surface area contributed by atoms with Crippen LogP contribution in [0.5, 0.6) is 11.5 Å². The van der Waals surface area contributed by atoms with Crippen LogP contribution in [-0.4, -0.2) is 20.7 Å². The van der Waals surface area contributed by atoms with E-state index in [4.69, 9.17) is 4.74 Å². The standard InChI is InChI=1S/C30H25N5O3/c36-29(32-19-25-13-7-8-17-31-25)23-12-9-14-24(18-23)34-28-27(38-26-15-5-2-6-16-26)20-33-35(30(28)37)21-22-10-3-1-4-11-22/h1-18,20,34H,19,21H2,(H,32,36). The number of ether oxygens (including phenoxy) is 1. The van der Waals surface area contributed by atoms with E-state index >= 15 is 0 Å². The molecular formula is C30H25N5O3. The van der Waals surface area contributed by atoms with E-state index in [0.29, 0.717) is 30.1 Å². The number of para-hydroxylation sites is 1. The minimum atomic E-state index is -0.354. The Labute approximate surface area is 219 Å². The highest BCUT2D eigenvalue weighted by Crippen LogP contribution is 2.28. The number of pyridine rings is 1. The van der Waals surface area contributed by atoms with Crippen molar-refractivity contribution >= 4 is 17.3 Å². The van der Waals surface area contributed by atoms with Crippen LogP contribution in [0.3, 0.4) is 0 Å². The fraction of sp³-hybridized carbons (Fsp3) is 0.0667. The Morgan fingerprint density at radius 1 is 0.868 bits per heavy atom. The van der Waals surface area contributed by atoms with Gasteiger partial charge in [0.15, 0.2) is 11.4 Å². The number of amides is 1. The number of rotatable bonds is 9. The summed E-state index contributed by atoms with van der Waals surface area (Å²) in [6.45, 7) is 0.608. The van der Waals surface area contributed by atoms with Gasteiger partial charge in [0.25, 0.3) is 11.5 Å². The van der Waals surface area contributed by atoms with E-state index < -0.39 is 0 Å². The monoisotopic (exact) mass is 503 g/mol. The van der Waals surface area contributed by atoms with Crippen molar-refractivity contribution in [3.05, 3.63) is 143 Å². The molecule has 2 aromatic heterocycles. The molecule has 38 heavy (non-hydrogen) atoms. The van der Waals surface area contributed by atoms with Gasteiger partial charge in [0.1, 0.15) is 5.75 Å². The van der Waals surface area contributed by atoms with Crippen molar-refractivity contribution in [1.29, 1.82) is 0 Å². The summed E-state index contributed by atoms with van der Waals surface area (Å²) in [6, 6.07) is 31.2. The second-order valence-corrected chi connectivity index (χ2v) is 8.46. The lowest BCUT2D eigenvalue weighted by Crippen LogP contribution is -2.26. The molecule has 0 saturated carbocycles. The molecule has 5 aromatic rings. The van der Waals surface area contributed by atoms with Gasteiger partial charge in [0.05, 0.1) is 25.0 Å².